The number of hydrogen-bond acceptors (Lipinski definition) is 3. The van der Waals surface area contributed by atoms with E-state index >= 15 is 0 Å². The smallest absolute Gasteiger partial charge is 0.322 e. The first-order valence-corrected chi connectivity index (χ1v) is 9.11. The van der Waals surface area contributed by atoms with E-state index in [0.717, 1.165) is 35.8 Å². The molecule has 3 rings (SSSR count). The lowest BCUT2D eigenvalue weighted by molar-refractivity contribution is 0.143. The molecule has 138 valence electrons. The Morgan fingerprint density at radius 2 is 1.88 bits per heavy atom. The molecule has 0 atom stereocenters. The van der Waals surface area contributed by atoms with Crippen molar-refractivity contribution in [1.82, 2.24) is 9.80 Å². The number of ether oxygens (including phenoxy) is 1. The van der Waals surface area contributed by atoms with Crippen molar-refractivity contribution in [1.29, 1.82) is 0 Å². The molecular formula is C20H24ClN3O2. The van der Waals surface area contributed by atoms with Crippen LogP contribution in [0, 0.1) is 6.92 Å². The van der Waals surface area contributed by atoms with Gasteiger partial charge in [-0.25, -0.2) is 4.79 Å². The molecule has 1 aliphatic rings. The average Bonchev–Trinajstić information content (AvgIpc) is 2.64. The summed E-state index contributed by atoms with van der Waals surface area (Å²) in [6.45, 7) is 5.81. The minimum atomic E-state index is -0.0914. The summed E-state index contributed by atoms with van der Waals surface area (Å²) in [4.78, 5) is 16.7. The maximum atomic E-state index is 12.6. The molecule has 0 radical (unpaired) electrons. The number of anilines is 1. The van der Waals surface area contributed by atoms with Crippen LogP contribution < -0.4 is 10.1 Å². The van der Waals surface area contributed by atoms with Gasteiger partial charge in [-0.05, 0) is 36.2 Å². The number of urea groups is 1. The molecule has 5 nitrogen and oxygen atoms in total. The highest BCUT2D eigenvalue weighted by atomic mass is 35.5. The predicted molar refractivity (Wildman–Crippen MR) is 105 cm³/mol. The van der Waals surface area contributed by atoms with Gasteiger partial charge >= 0.3 is 6.03 Å². The van der Waals surface area contributed by atoms with E-state index in [1.54, 1.807) is 7.11 Å². The van der Waals surface area contributed by atoms with Crippen molar-refractivity contribution in [3.8, 4) is 5.75 Å². The van der Waals surface area contributed by atoms with Crippen molar-refractivity contribution in [2.75, 3.05) is 38.6 Å². The Morgan fingerprint density at radius 1 is 1.15 bits per heavy atom. The first-order chi connectivity index (χ1) is 12.6. The molecule has 2 aromatic rings. The zero-order valence-electron chi connectivity index (χ0n) is 15.2. The molecule has 2 aromatic carbocycles. The van der Waals surface area contributed by atoms with Gasteiger partial charge in [-0.2, -0.15) is 0 Å². The maximum absolute atomic E-state index is 12.6. The van der Waals surface area contributed by atoms with Gasteiger partial charge in [-0.3, -0.25) is 4.90 Å². The number of rotatable bonds is 4. The van der Waals surface area contributed by atoms with E-state index in [4.69, 9.17) is 16.3 Å². The topological polar surface area (TPSA) is 44.8 Å². The van der Waals surface area contributed by atoms with Crippen LogP contribution in [0.25, 0.3) is 0 Å². The summed E-state index contributed by atoms with van der Waals surface area (Å²) in [5, 5.41) is 3.76. The zero-order chi connectivity index (χ0) is 18.5. The van der Waals surface area contributed by atoms with Gasteiger partial charge in [-0.1, -0.05) is 35.9 Å². The summed E-state index contributed by atoms with van der Waals surface area (Å²) < 4.78 is 5.33. The minimum absolute atomic E-state index is 0.0914. The van der Waals surface area contributed by atoms with Crippen molar-refractivity contribution in [3.63, 3.8) is 0 Å². The number of hydrogen-bond donors (Lipinski definition) is 1. The SMILES string of the molecule is COc1ccc(C)cc1NC(=O)N1CCN(Cc2ccccc2Cl)CC1. The van der Waals surface area contributed by atoms with Crippen molar-refractivity contribution in [3.05, 3.63) is 58.6 Å². The van der Waals surface area contributed by atoms with Gasteiger partial charge in [0.25, 0.3) is 0 Å². The Hall–Kier alpha value is -2.24. The molecule has 6 heteroatoms. The summed E-state index contributed by atoms with van der Waals surface area (Å²) in [7, 11) is 1.60. The van der Waals surface area contributed by atoms with Gasteiger partial charge in [0.05, 0.1) is 12.8 Å². The maximum Gasteiger partial charge on any atom is 0.322 e. The number of nitrogens with zero attached hydrogens (tertiary/aromatic N) is 2. The van der Waals surface area contributed by atoms with Crippen LogP contribution in [-0.4, -0.2) is 49.1 Å². The van der Waals surface area contributed by atoms with E-state index in [0.29, 0.717) is 24.5 Å². The van der Waals surface area contributed by atoms with Crippen LogP contribution in [-0.2, 0) is 6.54 Å². The molecule has 0 spiro atoms. The van der Waals surface area contributed by atoms with Gasteiger partial charge in [0.15, 0.2) is 0 Å². The second-order valence-corrected chi connectivity index (χ2v) is 6.90. The van der Waals surface area contributed by atoms with E-state index in [-0.39, 0.29) is 6.03 Å². The summed E-state index contributed by atoms with van der Waals surface area (Å²) in [6.07, 6.45) is 0. The van der Waals surface area contributed by atoms with Crippen LogP contribution >= 0.6 is 11.6 Å². The molecule has 1 N–H and O–H groups in total. The van der Waals surface area contributed by atoms with Crippen molar-refractivity contribution in [2.45, 2.75) is 13.5 Å². The number of benzene rings is 2. The molecular weight excluding hydrogens is 350 g/mol. The molecule has 1 fully saturated rings. The van der Waals surface area contributed by atoms with Crippen LogP contribution in [0.5, 0.6) is 5.75 Å². The largest absolute Gasteiger partial charge is 0.495 e. The normalized spacial score (nSPS) is 15.0. The zero-order valence-corrected chi connectivity index (χ0v) is 15.9. The van der Waals surface area contributed by atoms with Gasteiger partial charge in [-0.15, -0.1) is 0 Å². The van der Waals surface area contributed by atoms with E-state index in [2.05, 4.69) is 10.2 Å². The Bertz CT molecular complexity index is 773. The Kier molecular flexibility index (Phi) is 6.01. The number of carbonyl (C=O) groups excluding carboxylic acids is 1. The van der Waals surface area contributed by atoms with Crippen molar-refractivity contribution in [2.24, 2.45) is 0 Å². The quantitative estimate of drug-likeness (QED) is 0.880. The second-order valence-electron chi connectivity index (χ2n) is 6.49. The number of carbonyl (C=O) groups is 1. The minimum Gasteiger partial charge on any atom is -0.495 e. The highest BCUT2D eigenvalue weighted by molar-refractivity contribution is 6.31. The Labute approximate surface area is 159 Å². The molecule has 0 aromatic heterocycles. The lowest BCUT2D eigenvalue weighted by Gasteiger charge is -2.35. The lowest BCUT2D eigenvalue weighted by atomic mass is 10.2. The molecule has 0 saturated carbocycles. The Balaban J connectivity index is 1.55. The van der Waals surface area contributed by atoms with Gasteiger partial charge < -0.3 is 15.0 Å². The summed E-state index contributed by atoms with van der Waals surface area (Å²) in [6, 6.07) is 13.6. The van der Waals surface area contributed by atoms with E-state index in [9.17, 15) is 4.79 Å². The van der Waals surface area contributed by atoms with E-state index in [1.165, 1.54) is 0 Å². The van der Waals surface area contributed by atoms with Crippen molar-refractivity contribution < 1.29 is 9.53 Å². The van der Waals surface area contributed by atoms with Crippen LogP contribution in [0.4, 0.5) is 10.5 Å². The van der Waals surface area contributed by atoms with Crippen LogP contribution in [0.3, 0.4) is 0 Å². The number of aryl methyl sites for hydroxylation is 1. The monoisotopic (exact) mass is 373 g/mol. The number of amides is 2. The average molecular weight is 374 g/mol. The van der Waals surface area contributed by atoms with Crippen LogP contribution in [0.15, 0.2) is 42.5 Å². The fourth-order valence-electron chi connectivity index (χ4n) is 3.09. The molecule has 0 bridgehead atoms. The van der Waals surface area contributed by atoms with Crippen molar-refractivity contribution >= 4 is 23.3 Å². The molecule has 2 amide bonds. The fourth-order valence-corrected chi connectivity index (χ4v) is 3.29. The molecule has 0 unspecified atom stereocenters. The first-order valence-electron chi connectivity index (χ1n) is 8.73. The molecule has 1 aliphatic heterocycles. The van der Waals surface area contributed by atoms with Crippen LogP contribution in [0.1, 0.15) is 11.1 Å². The third-order valence-electron chi connectivity index (χ3n) is 4.61. The standard InChI is InChI=1S/C20H24ClN3O2/c1-15-7-8-19(26-2)18(13-15)22-20(25)24-11-9-23(10-12-24)14-16-5-3-4-6-17(16)21/h3-8,13H,9-12,14H2,1-2H3,(H,22,25). The first kappa shape index (κ1) is 18.5. The van der Waals surface area contributed by atoms with Gasteiger partial charge in [0, 0.05) is 37.7 Å². The second kappa shape index (κ2) is 8.43. The highest BCUT2D eigenvalue weighted by Gasteiger charge is 2.22. The molecule has 1 saturated heterocycles. The third kappa shape index (κ3) is 4.48. The fraction of sp³-hybridized carbons (Fsp3) is 0.350. The molecule has 1 heterocycles. The Morgan fingerprint density at radius 3 is 2.58 bits per heavy atom. The molecule has 26 heavy (non-hydrogen) atoms. The summed E-state index contributed by atoms with van der Waals surface area (Å²) in [5.41, 5.74) is 2.90. The summed E-state index contributed by atoms with van der Waals surface area (Å²) >= 11 is 6.24. The third-order valence-corrected chi connectivity index (χ3v) is 4.98. The predicted octanol–water partition coefficient (Wildman–Crippen LogP) is 4.01. The lowest BCUT2D eigenvalue weighted by Crippen LogP contribution is -2.49. The summed E-state index contributed by atoms with van der Waals surface area (Å²) in [5.74, 6) is 0.668. The number of methoxy groups -OCH3 is 1. The highest BCUT2D eigenvalue weighted by Crippen LogP contribution is 2.25. The van der Waals surface area contributed by atoms with E-state index < -0.39 is 0 Å². The van der Waals surface area contributed by atoms with Gasteiger partial charge in [0.2, 0.25) is 0 Å². The van der Waals surface area contributed by atoms with Crippen LogP contribution in [0.2, 0.25) is 5.02 Å². The number of halogens is 1. The molecule has 0 aliphatic carbocycles. The number of piperazine rings is 1. The van der Waals surface area contributed by atoms with E-state index in [1.807, 2.05) is 54.3 Å². The van der Waals surface area contributed by atoms with Gasteiger partial charge in [0.1, 0.15) is 5.75 Å². The number of nitrogens with one attached hydrogen (secondary N) is 1.